The highest BCUT2D eigenvalue weighted by Gasteiger charge is 2.69. The number of ether oxygens (including phenoxy) is 1. The van der Waals surface area contributed by atoms with Gasteiger partial charge in [-0.25, -0.2) is 0 Å². The summed E-state index contributed by atoms with van der Waals surface area (Å²) in [6, 6.07) is 17.1. The van der Waals surface area contributed by atoms with Crippen LogP contribution in [0.2, 0.25) is 0 Å². The van der Waals surface area contributed by atoms with E-state index in [2.05, 4.69) is 5.32 Å². The normalized spacial score (nSPS) is 24.7. The van der Waals surface area contributed by atoms with E-state index in [1.807, 2.05) is 38.1 Å². The molecule has 2 amide bonds. The molecule has 2 aromatic carbocycles. The molecule has 7 nitrogen and oxygen atoms in total. The molecule has 3 atom stereocenters. The lowest BCUT2D eigenvalue weighted by Crippen LogP contribution is -2.78. The molecule has 0 spiro atoms. The number of hydrogen-bond acceptors (Lipinski definition) is 7. The quantitative estimate of drug-likeness (QED) is 0.442. The maximum Gasteiger partial charge on any atom is 0.258 e. The average molecular weight is 499 g/mol. The molecule has 2 saturated heterocycles. The summed E-state index contributed by atoms with van der Waals surface area (Å²) in [5.41, 5.74) is -0.577. The lowest BCUT2D eigenvalue weighted by molar-refractivity contribution is -0.161. The highest BCUT2D eigenvalue weighted by molar-refractivity contribution is 8.14. The van der Waals surface area contributed by atoms with E-state index in [9.17, 15) is 19.2 Å². The fourth-order valence-corrected chi connectivity index (χ4v) is 6.97. The highest BCUT2D eigenvalue weighted by atomic mass is 32.2. The van der Waals surface area contributed by atoms with E-state index < -0.39 is 22.2 Å². The van der Waals surface area contributed by atoms with Crippen LogP contribution in [0.1, 0.15) is 31.1 Å². The van der Waals surface area contributed by atoms with Gasteiger partial charge < -0.3 is 15.0 Å². The highest BCUT2D eigenvalue weighted by Crippen LogP contribution is 2.55. The van der Waals surface area contributed by atoms with Crippen molar-refractivity contribution in [3.05, 3.63) is 66.2 Å². The molecule has 2 aliphatic heterocycles. The molecule has 0 aromatic heterocycles. The zero-order chi connectivity index (χ0) is 24.5. The Morgan fingerprint density at radius 2 is 1.65 bits per heavy atom. The largest absolute Gasteiger partial charge is 0.484 e. The van der Waals surface area contributed by atoms with Crippen LogP contribution in [0.15, 0.2) is 60.7 Å². The predicted octanol–water partition coefficient (Wildman–Crippen LogP) is 3.15. The minimum atomic E-state index is -1.13. The number of para-hydroxylation sites is 1. The van der Waals surface area contributed by atoms with Crippen molar-refractivity contribution >= 4 is 46.2 Å². The summed E-state index contributed by atoms with van der Waals surface area (Å²) in [4.78, 5) is 52.8. The summed E-state index contributed by atoms with van der Waals surface area (Å²) in [6.45, 7) is 5.28. The van der Waals surface area contributed by atoms with Crippen molar-refractivity contribution in [2.24, 2.45) is 0 Å². The van der Waals surface area contributed by atoms with Crippen LogP contribution in [-0.2, 0) is 14.4 Å². The summed E-state index contributed by atoms with van der Waals surface area (Å²) in [5, 5.41) is 2.20. The van der Waals surface area contributed by atoms with Crippen molar-refractivity contribution in [2.45, 2.75) is 42.5 Å². The molecule has 178 valence electrons. The summed E-state index contributed by atoms with van der Waals surface area (Å²) in [7, 11) is 0. The molecular weight excluding hydrogens is 472 g/mol. The molecule has 2 fully saturated rings. The second-order valence-electron chi connectivity index (χ2n) is 8.94. The first-order valence-electron chi connectivity index (χ1n) is 10.9. The molecule has 34 heavy (non-hydrogen) atoms. The predicted molar refractivity (Wildman–Crippen MR) is 133 cm³/mol. The number of β-lactam (4-membered cyclic amide) rings is 1. The van der Waals surface area contributed by atoms with E-state index >= 15 is 0 Å². The maximum absolute atomic E-state index is 13.2. The first-order valence-corrected chi connectivity index (χ1v) is 12.7. The van der Waals surface area contributed by atoms with Crippen molar-refractivity contribution in [1.29, 1.82) is 0 Å². The first-order chi connectivity index (χ1) is 16.1. The standard InChI is InChI=1S/C25H26N2O5S2/c1-24(2)20(21(30)33-15-18(28)16-10-6-4-7-11-16)27-22(31)25(3,23(27)34-24)26-19(29)14-32-17-12-8-5-9-13-17/h4-13,20,23H,14-15H2,1-3H3,(H,26,29)/t20-,23+,25?/m0/s1. The van der Waals surface area contributed by atoms with Crippen LogP contribution in [0.25, 0.3) is 0 Å². The molecular formula is C25H26N2O5S2. The third-order valence-electron chi connectivity index (χ3n) is 5.95. The summed E-state index contributed by atoms with van der Waals surface area (Å²) in [6.07, 6.45) is 0. The molecule has 1 unspecified atom stereocenters. The second-order valence-corrected chi connectivity index (χ2v) is 11.7. The van der Waals surface area contributed by atoms with Crippen molar-refractivity contribution in [2.75, 3.05) is 12.4 Å². The zero-order valence-corrected chi connectivity index (χ0v) is 20.8. The van der Waals surface area contributed by atoms with Crippen LogP contribution in [0.5, 0.6) is 5.75 Å². The van der Waals surface area contributed by atoms with Crippen LogP contribution >= 0.6 is 23.5 Å². The number of thioether (sulfide) groups is 2. The summed E-state index contributed by atoms with van der Waals surface area (Å²) in [5.74, 6) is -0.275. The van der Waals surface area contributed by atoms with Gasteiger partial charge in [0, 0.05) is 10.3 Å². The Kier molecular flexibility index (Phi) is 6.78. The van der Waals surface area contributed by atoms with Crippen molar-refractivity contribution in [3.63, 3.8) is 0 Å². The number of fused-ring (bicyclic) bond motifs is 1. The molecule has 2 aliphatic rings. The number of rotatable bonds is 8. The number of hydrogen-bond donors (Lipinski definition) is 1. The molecule has 2 aromatic rings. The van der Waals surface area contributed by atoms with Gasteiger partial charge in [0.05, 0.1) is 5.75 Å². The fourth-order valence-electron chi connectivity index (χ4n) is 4.23. The SMILES string of the molecule is CC1(C)S[C@H]2N(C(=O)C2(C)NC(=O)COc2ccccc2)[C@H]1C(=O)SCC(=O)c1ccccc1. The Bertz CT molecular complexity index is 1110. The van der Waals surface area contributed by atoms with Gasteiger partial charge in [-0.3, -0.25) is 19.2 Å². The number of carbonyl (C=O) groups is 4. The van der Waals surface area contributed by atoms with Gasteiger partial charge in [-0.2, -0.15) is 0 Å². The molecule has 0 bridgehead atoms. The van der Waals surface area contributed by atoms with E-state index in [1.165, 1.54) is 11.8 Å². The number of nitrogens with one attached hydrogen (secondary N) is 1. The van der Waals surface area contributed by atoms with Gasteiger partial charge in [0.1, 0.15) is 22.7 Å². The van der Waals surface area contributed by atoms with E-state index in [-0.39, 0.29) is 34.5 Å². The lowest BCUT2D eigenvalue weighted by atomic mass is 9.86. The first kappa shape index (κ1) is 24.3. The topological polar surface area (TPSA) is 92.8 Å². The van der Waals surface area contributed by atoms with Crippen molar-refractivity contribution < 1.29 is 23.9 Å². The number of nitrogens with zero attached hydrogens (tertiary/aromatic N) is 1. The van der Waals surface area contributed by atoms with Crippen LogP contribution in [-0.4, -0.2) is 61.7 Å². The zero-order valence-electron chi connectivity index (χ0n) is 19.1. The monoisotopic (exact) mass is 498 g/mol. The van der Waals surface area contributed by atoms with Gasteiger partial charge in [-0.1, -0.05) is 60.3 Å². The van der Waals surface area contributed by atoms with Gasteiger partial charge in [0.2, 0.25) is 5.12 Å². The Hall–Kier alpha value is -2.78. The van der Waals surface area contributed by atoms with Gasteiger partial charge in [-0.05, 0) is 32.9 Å². The minimum absolute atomic E-state index is 0.0115. The Balaban J connectivity index is 1.38. The van der Waals surface area contributed by atoms with Gasteiger partial charge in [-0.15, -0.1) is 11.8 Å². The van der Waals surface area contributed by atoms with Gasteiger partial charge in [0.15, 0.2) is 12.4 Å². The summed E-state index contributed by atoms with van der Waals surface area (Å²) >= 11 is 2.42. The van der Waals surface area contributed by atoms with Crippen LogP contribution in [0.4, 0.5) is 0 Å². The Labute approximate surface area is 207 Å². The smallest absolute Gasteiger partial charge is 0.258 e. The lowest BCUT2D eigenvalue weighted by Gasteiger charge is -2.51. The van der Waals surface area contributed by atoms with Gasteiger partial charge in [0.25, 0.3) is 11.8 Å². The van der Waals surface area contributed by atoms with E-state index in [0.29, 0.717) is 11.3 Å². The third kappa shape index (κ3) is 4.59. The Morgan fingerprint density at radius 1 is 1.03 bits per heavy atom. The van der Waals surface area contributed by atoms with Crippen molar-refractivity contribution in [1.82, 2.24) is 10.2 Å². The molecule has 0 saturated carbocycles. The number of Topliss-reactive ketones (excluding diaryl/α,β-unsaturated/α-hetero) is 1. The third-order valence-corrected chi connectivity index (χ3v) is 8.62. The van der Waals surface area contributed by atoms with Gasteiger partial charge >= 0.3 is 0 Å². The Morgan fingerprint density at radius 3 is 2.29 bits per heavy atom. The number of ketones is 1. The fraction of sp³-hybridized carbons (Fsp3) is 0.360. The molecule has 0 aliphatic carbocycles. The number of benzene rings is 2. The van der Waals surface area contributed by atoms with E-state index in [1.54, 1.807) is 48.2 Å². The number of carbonyl (C=O) groups excluding carboxylic acids is 4. The van der Waals surface area contributed by atoms with Crippen LogP contribution in [0.3, 0.4) is 0 Å². The molecule has 4 rings (SSSR count). The van der Waals surface area contributed by atoms with Crippen molar-refractivity contribution in [3.8, 4) is 5.75 Å². The van der Waals surface area contributed by atoms with E-state index in [0.717, 1.165) is 11.8 Å². The molecule has 0 radical (unpaired) electrons. The molecule has 1 N–H and O–H groups in total. The second kappa shape index (κ2) is 9.46. The maximum atomic E-state index is 13.2. The van der Waals surface area contributed by atoms with Crippen LogP contribution < -0.4 is 10.1 Å². The van der Waals surface area contributed by atoms with Crippen LogP contribution in [0, 0.1) is 0 Å². The molecule has 2 heterocycles. The van der Waals surface area contributed by atoms with E-state index in [4.69, 9.17) is 4.74 Å². The minimum Gasteiger partial charge on any atom is -0.484 e. The molecule has 9 heteroatoms. The summed E-state index contributed by atoms with van der Waals surface area (Å²) < 4.78 is 4.92. The average Bonchev–Trinajstić information content (AvgIpc) is 3.11. The number of amides is 2.